The van der Waals surface area contributed by atoms with Crippen molar-refractivity contribution in [2.45, 2.75) is 26.7 Å². The van der Waals surface area contributed by atoms with Crippen LogP contribution in [0.2, 0.25) is 0 Å². The molecule has 0 spiro atoms. The topological polar surface area (TPSA) is 89.9 Å². The minimum absolute atomic E-state index is 0.0963. The van der Waals surface area contributed by atoms with E-state index in [4.69, 9.17) is 4.52 Å². The van der Waals surface area contributed by atoms with E-state index in [1.165, 1.54) is 4.90 Å². The maximum atomic E-state index is 12.2. The third kappa shape index (κ3) is 3.28. The molecule has 0 aliphatic carbocycles. The molecule has 3 aromatic heterocycles. The predicted molar refractivity (Wildman–Crippen MR) is 91.4 cm³/mol. The van der Waals surface area contributed by atoms with Crippen LogP contribution in [0.3, 0.4) is 0 Å². The summed E-state index contributed by atoms with van der Waals surface area (Å²) in [6.07, 6.45) is 4.94. The van der Waals surface area contributed by atoms with E-state index in [1.54, 1.807) is 37.2 Å². The molecule has 0 unspecified atom stereocenters. The van der Waals surface area contributed by atoms with Crippen LogP contribution >= 0.6 is 0 Å². The van der Waals surface area contributed by atoms with E-state index in [0.29, 0.717) is 23.1 Å². The molecular weight excluding hydrogens is 320 g/mol. The van der Waals surface area contributed by atoms with Gasteiger partial charge in [-0.3, -0.25) is 4.79 Å². The number of carbonyl (C=O) groups excluding carboxylic acids is 1. The summed E-state index contributed by atoms with van der Waals surface area (Å²) < 4.78 is 6.95. The molecule has 25 heavy (non-hydrogen) atoms. The molecule has 3 heterocycles. The molecule has 0 radical (unpaired) electrons. The molecule has 0 saturated carbocycles. The van der Waals surface area contributed by atoms with Gasteiger partial charge in [0.1, 0.15) is 0 Å². The summed E-state index contributed by atoms with van der Waals surface area (Å²) in [5.41, 5.74) is 2.02. The smallest absolute Gasteiger partial charge is 0.258 e. The SMILES string of the molecule is CCCc1noc(-c2ccnc(-n3ncc(C(=O)N(C)C)c3C)c2)n1. The highest BCUT2D eigenvalue weighted by Gasteiger charge is 2.18. The molecule has 0 bridgehead atoms. The van der Waals surface area contributed by atoms with Crippen molar-refractivity contribution in [2.24, 2.45) is 0 Å². The van der Waals surface area contributed by atoms with Gasteiger partial charge in [-0.2, -0.15) is 10.1 Å². The molecule has 0 atom stereocenters. The van der Waals surface area contributed by atoms with Crippen LogP contribution in [0.4, 0.5) is 0 Å². The fourth-order valence-corrected chi connectivity index (χ4v) is 2.46. The van der Waals surface area contributed by atoms with Crippen LogP contribution in [-0.4, -0.2) is 49.8 Å². The molecular formula is C17H20N6O2. The molecule has 8 heteroatoms. The van der Waals surface area contributed by atoms with Gasteiger partial charge in [-0.1, -0.05) is 12.1 Å². The first-order valence-corrected chi connectivity index (χ1v) is 8.07. The first-order valence-electron chi connectivity index (χ1n) is 8.07. The van der Waals surface area contributed by atoms with Gasteiger partial charge in [0.05, 0.1) is 17.5 Å². The van der Waals surface area contributed by atoms with Crippen LogP contribution in [0.1, 0.15) is 35.2 Å². The van der Waals surface area contributed by atoms with Crippen molar-refractivity contribution in [3.63, 3.8) is 0 Å². The number of pyridine rings is 1. The predicted octanol–water partition coefficient (Wildman–Crippen LogP) is 2.28. The highest BCUT2D eigenvalue weighted by Crippen LogP contribution is 2.21. The number of amides is 1. The van der Waals surface area contributed by atoms with Crippen molar-refractivity contribution in [1.82, 2.24) is 29.8 Å². The van der Waals surface area contributed by atoms with Gasteiger partial charge in [0.2, 0.25) is 0 Å². The van der Waals surface area contributed by atoms with Gasteiger partial charge in [0.15, 0.2) is 11.6 Å². The second kappa shape index (κ2) is 6.84. The average molecular weight is 340 g/mol. The van der Waals surface area contributed by atoms with Gasteiger partial charge in [0, 0.05) is 32.3 Å². The van der Waals surface area contributed by atoms with E-state index in [1.807, 2.05) is 13.0 Å². The fraction of sp³-hybridized carbons (Fsp3) is 0.353. The summed E-state index contributed by atoms with van der Waals surface area (Å²) in [6, 6.07) is 3.62. The van der Waals surface area contributed by atoms with E-state index < -0.39 is 0 Å². The summed E-state index contributed by atoms with van der Waals surface area (Å²) in [7, 11) is 3.42. The van der Waals surface area contributed by atoms with E-state index in [0.717, 1.165) is 24.1 Å². The summed E-state index contributed by atoms with van der Waals surface area (Å²) in [6.45, 7) is 3.90. The molecule has 130 valence electrons. The zero-order valence-corrected chi connectivity index (χ0v) is 14.7. The minimum atomic E-state index is -0.0963. The molecule has 1 amide bonds. The molecule has 0 aliphatic heterocycles. The van der Waals surface area contributed by atoms with Crippen LogP contribution in [-0.2, 0) is 6.42 Å². The maximum absolute atomic E-state index is 12.2. The molecule has 0 N–H and O–H groups in total. The number of hydrogen-bond acceptors (Lipinski definition) is 6. The zero-order chi connectivity index (χ0) is 18.0. The highest BCUT2D eigenvalue weighted by atomic mass is 16.5. The molecule has 8 nitrogen and oxygen atoms in total. The van der Waals surface area contributed by atoms with Crippen molar-refractivity contribution in [3.8, 4) is 17.3 Å². The van der Waals surface area contributed by atoms with Crippen LogP contribution in [0, 0.1) is 6.92 Å². The second-order valence-electron chi connectivity index (χ2n) is 5.92. The van der Waals surface area contributed by atoms with E-state index >= 15 is 0 Å². The summed E-state index contributed by atoms with van der Waals surface area (Å²) in [4.78, 5) is 22.4. The molecule has 0 fully saturated rings. The third-order valence-electron chi connectivity index (χ3n) is 3.80. The van der Waals surface area contributed by atoms with Crippen LogP contribution in [0.5, 0.6) is 0 Å². The lowest BCUT2D eigenvalue weighted by Gasteiger charge is -2.10. The first-order chi connectivity index (χ1) is 12.0. The lowest BCUT2D eigenvalue weighted by atomic mass is 10.2. The third-order valence-corrected chi connectivity index (χ3v) is 3.80. The lowest BCUT2D eigenvalue weighted by Crippen LogP contribution is -2.22. The van der Waals surface area contributed by atoms with Crippen molar-refractivity contribution in [3.05, 3.63) is 41.6 Å². The van der Waals surface area contributed by atoms with Gasteiger partial charge < -0.3 is 9.42 Å². The number of hydrogen-bond donors (Lipinski definition) is 0. The number of rotatable bonds is 5. The van der Waals surface area contributed by atoms with Gasteiger partial charge >= 0.3 is 0 Å². The normalized spacial score (nSPS) is 10.9. The Morgan fingerprint density at radius 3 is 2.88 bits per heavy atom. The lowest BCUT2D eigenvalue weighted by molar-refractivity contribution is 0.0827. The van der Waals surface area contributed by atoms with Crippen LogP contribution < -0.4 is 0 Å². The average Bonchev–Trinajstić information content (AvgIpc) is 3.21. The quantitative estimate of drug-likeness (QED) is 0.708. The van der Waals surface area contributed by atoms with Gasteiger partial charge in [-0.05, 0) is 25.5 Å². The van der Waals surface area contributed by atoms with Gasteiger partial charge in [0.25, 0.3) is 11.8 Å². The monoisotopic (exact) mass is 340 g/mol. The molecule has 3 aromatic rings. The van der Waals surface area contributed by atoms with Crippen LogP contribution in [0.25, 0.3) is 17.3 Å². The van der Waals surface area contributed by atoms with Crippen molar-refractivity contribution >= 4 is 5.91 Å². The Bertz CT molecular complexity index is 896. The van der Waals surface area contributed by atoms with E-state index in [9.17, 15) is 4.79 Å². The molecule has 0 aromatic carbocycles. The second-order valence-corrected chi connectivity index (χ2v) is 5.92. The Balaban J connectivity index is 1.95. The summed E-state index contributed by atoms with van der Waals surface area (Å²) in [5.74, 6) is 1.62. The summed E-state index contributed by atoms with van der Waals surface area (Å²) >= 11 is 0. The highest BCUT2D eigenvalue weighted by molar-refractivity contribution is 5.94. The number of nitrogens with zero attached hydrogens (tertiary/aromatic N) is 6. The number of carbonyl (C=O) groups is 1. The Hall–Kier alpha value is -3.03. The molecule has 3 rings (SSSR count). The Morgan fingerprint density at radius 1 is 1.36 bits per heavy atom. The van der Waals surface area contributed by atoms with Crippen molar-refractivity contribution in [1.29, 1.82) is 0 Å². The van der Waals surface area contributed by atoms with E-state index in [-0.39, 0.29) is 5.91 Å². The maximum Gasteiger partial charge on any atom is 0.258 e. The van der Waals surface area contributed by atoms with E-state index in [2.05, 4.69) is 27.1 Å². The Kier molecular flexibility index (Phi) is 4.60. The molecule has 0 aliphatic rings. The van der Waals surface area contributed by atoms with Crippen LogP contribution in [0.15, 0.2) is 29.0 Å². The Morgan fingerprint density at radius 2 is 2.16 bits per heavy atom. The zero-order valence-electron chi connectivity index (χ0n) is 14.7. The summed E-state index contributed by atoms with van der Waals surface area (Å²) in [5, 5.41) is 8.27. The van der Waals surface area contributed by atoms with Gasteiger partial charge in [-0.25, -0.2) is 9.67 Å². The van der Waals surface area contributed by atoms with Crippen molar-refractivity contribution in [2.75, 3.05) is 14.1 Å². The largest absolute Gasteiger partial charge is 0.345 e. The van der Waals surface area contributed by atoms with Gasteiger partial charge in [-0.15, -0.1) is 0 Å². The Labute approximate surface area is 145 Å². The number of aryl methyl sites for hydroxylation is 1. The van der Waals surface area contributed by atoms with Crippen molar-refractivity contribution < 1.29 is 9.32 Å². The fourth-order valence-electron chi connectivity index (χ4n) is 2.46. The molecule has 0 saturated heterocycles. The standard InChI is InChI=1S/C17H20N6O2/c1-5-6-14-20-16(25-21-14)12-7-8-18-15(9-12)23-11(2)13(10-19-23)17(24)22(3)4/h7-10H,5-6H2,1-4H3. The first kappa shape index (κ1) is 16.8. The number of aromatic nitrogens is 5. The minimum Gasteiger partial charge on any atom is -0.345 e.